The maximum absolute atomic E-state index is 13.1. The van der Waals surface area contributed by atoms with Gasteiger partial charge in [0.15, 0.2) is 6.29 Å². The summed E-state index contributed by atoms with van der Waals surface area (Å²) in [5, 5.41) is 54.8. The van der Waals surface area contributed by atoms with Gasteiger partial charge in [-0.05, 0) is 89.9 Å². The molecule has 9 heteroatoms. The van der Waals surface area contributed by atoms with Crippen LogP contribution in [0.2, 0.25) is 0 Å². The summed E-state index contributed by atoms with van der Waals surface area (Å²) < 4.78 is 11.3. The van der Waals surface area contributed by atoms with Gasteiger partial charge in [0.05, 0.1) is 25.4 Å². The highest BCUT2D eigenvalue weighted by atomic mass is 16.7. The number of amides is 1. The molecule has 1 saturated heterocycles. The van der Waals surface area contributed by atoms with E-state index in [0.717, 1.165) is 77.0 Å². The topological polar surface area (TPSA) is 149 Å². The number of aliphatic hydroxyl groups excluding tert-OH is 5. The summed E-state index contributed by atoms with van der Waals surface area (Å²) in [7, 11) is 0. The van der Waals surface area contributed by atoms with Crippen LogP contribution in [0.15, 0.2) is 97.2 Å². The third kappa shape index (κ3) is 52.7. The summed E-state index contributed by atoms with van der Waals surface area (Å²) in [4.78, 5) is 13.1. The van der Waals surface area contributed by atoms with Gasteiger partial charge in [0.25, 0.3) is 0 Å². The Kier molecular flexibility index (Phi) is 60.4. The lowest BCUT2D eigenvalue weighted by Gasteiger charge is -2.40. The monoisotopic (exact) mass is 1190 g/mol. The summed E-state index contributed by atoms with van der Waals surface area (Å²) in [6.07, 6.45) is 86.6. The van der Waals surface area contributed by atoms with Crippen LogP contribution in [0.5, 0.6) is 0 Å². The molecule has 0 aromatic carbocycles. The molecule has 0 spiro atoms. The summed E-state index contributed by atoms with van der Waals surface area (Å²) in [6, 6.07) is -0.834. The first-order valence-corrected chi connectivity index (χ1v) is 36.0. The van der Waals surface area contributed by atoms with E-state index in [1.54, 1.807) is 6.08 Å². The first-order valence-electron chi connectivity index (χ1n) is 36.0. The largest absolute Gasteiger partial charge is 0.394 e. The third-order valence-corrected chi connectivity index (χ3v) is 16.6. The minimum Gasteiger partial charge on any atom is -0.394 e. The molecule has 7 atom stereocenters. The molecule has 0 bridgehead atoms. The molecular weight excluding hydrogens is 1050 g/mol. The van der Waals surface area contributed by atoms with Gasteiger partial charge in [-0.25, -0.2) is 0 Å². The van der Waals surface area contributed by atoms with Crippen molar-refractivity contribution in [2.75, 3.05) is 13.2 Å². The smallest absolute Gasteiger partial charge is 0.220 e. The fraction of sp³-hybridized carbons (Fsp3) is 0.776. The first-order chi connectivity index (χ1) is 41.8. The standard InChI is InChI=1S/C76H135NO8/c1-3-5-7-9-11-13-15-17-19-21-23-25-27-29-31-32-33-34-35-36-37-38-40-42-44-46-48-50-52-54-56-58-60-62-64-66-72(80)77-69(68-84-76-75(83)74(82)73(81)71(67-78)85-76)70(79)65-63-61-59-57-55-53-51-49-47-45-43-41-39-30-28-26-24-22-20-18-16-14-12-10-8-6-4-2/h5,7,11,13,17,19,23,25,29,31,47,49,55,57,63,65,69-71,73-76,78-79,81-83H,3-4,6,8-10,12,14-16,18,20-22,24,26-28,30,32-46,48,50-54,56,58-62,64,66-68H2,1-2H3,(H,77,80)/b7-5-,13-11-,19-17-,25-23-,31-29-,49-47+,57-55+,65-63+. The van der Waals surface area contributed by atoms with Crippen LogP contribution < -0.4 is 5.32 Å². The van der Waals surface area contributed by atoms with E-state index in [0.29, 0.717) is 6.42 Å². The molecule has 0 aliphatic carbocycles. The van der Waals surface area contributed by atoms with Crippen molar-refractivity contribution >= 4 is 5.91 Å². The Balaban J connectivity index is 2.14. The summed E-state index contributed by atoms with van der Waals surface area (Å²) in [5.74, 6) is -0.188. The average Bonchev–Trinajstić information content (AvgIpc) is 3.71. The van der Waals surface area contributed by atoms with Crippen LogP contribution in [0, 0.1) is 0 Å². The van der Waals surface area contributed by atoms with Crippen LogP contribution in [-0.4, -0.2) is 87.5 Å². The molecule has 0 radical (unpaired) electrons. The van der Waals surface area contributed by atoms with Crippen molar-refractivity contribution in [3.63, 3.8) is 0 Å². The maximum atomic E-state index is 13.1. The number of carbonyl (C=O) groups excluding carboxylic acids is 1. The van der Waals surface area contributed by atoms with Crippen LogP contribution in [0.3, 0.4) is 0 Å². The van der Waals surface area contributed by atoms with Crippen molar-refractivity contribution < 1.29 is 39.8 Å². The van der Waals surface area contributed by atoms with Crippen LogP contribution in [-0.2, 0) is 14.3 Å². The van der Waals surface area contributed by atoms with Gasteiger partial charge >= 0.3 is 0 Å². The molecule has 1 aliphatic rings. The molecule has 0 aromatic heterocycles. The Hall–Kier alpha value is -2.89. The molecule has 6 N–H and O–H groups in total. The van der Waals surface area contributed by atoms with Gasteiger partial charge in [-0.3, -0.25) is 4.79 Å². The number of hydrogen-bond donors (Lipinski definition) is 6. The van der Waals surface area contributed by atoms with E-state index >= 15 is 0 Å². The Bertz CT molecular complexity index is 1670. The molecule has 0 aromatic rings. The SMILES string of the molecule is CC/C=C\C/C=C\C/C=C\C/C=C\C/C=C\CCCCCCCCCCCCCCCCCCCCCC(=O)NC(COC1OC(CO)C(O)C(O)C1O)C(O)/C=C/CC/C=C/CC/C=C/CCCCCCCCCCCCCCCCCCC. The minimum atomic E-state index is -1.58. The van der Waals surface area contributed by atoms with E-state index < -0.39 is 49.5 Å². The first kappa shape index (κ1) is 80.1. The second kappa shape index (κ2) is 64.1. The van der Waals surface area contributed by atoms with Crippen molar-refractivity contribution in [3.05, 3.63) is 97.2 Å². The maximum Gasteiger partial charge on any atom is 0.220 e. The predicted molar refractivity (Wildman–Crippen MR) is 364 cm³/mol. The molecule has 1 rings (SSSR count). The summed E-state index contributed by atoms with van der Waals surface area (Å²) in [6.45, 7) is 3.68. The van der Waals surface area contributed by atoms with Gasteiger partial charge in [-0.2, -0.15) is 0 Å². The van der Waals surface area contributed by atoms with Gasteiger partial charge in [0.1, 0.15) is 24.4 Å². The minimum absolute atomic E-state index is 0.188. The molecular formula is C76H135NO8. The van der Waals surface area contributed by atoms with Crippen molar-refractivity contribution in [2.45, 2.75) is 365 Å². The van der Waals surface area contributed by atoms with E-state index in [1.807, 2.05) is 6.08 Å². The van der Waals surface area contributed by atoms with E-state index in [1.165, 1.54) is 225 Å². The summed E-state index contributed by atoms with van der Waals surface area (Å²) >= 11 is 0. The van der Waals surface area contributed by atoms with E-state index in [2.05, 4.69) is 104 Å². The molecule has 85 heavy (non-hydrogen) atoms. The van der Waals surface area contributed by atoms with Crippen molar-refractivity contribution in [3.8, 4) is 0 Å². The molecule has 7 unspecified atom stereocenters. The van der Waals surface area contributed by atoms with Crippen molar-refractivity contribution in [2.24, 2.45) is 0 Å². The average molecular weight is 1190 g/mol. The Labute approximate surface area is 523 Å². The molecule has 1 amide bonds. The highest BCUT2D eigenvalue weighted by molar-refractivity contribution is 5.76. The second-order valence-electron chi connectivity index (χ2n) is 24.6. The molecule has 492 valence electrons. The fourth-order valence-electron chi connectivity index (χ4n) is 11.0. The van der Waals surface area contributed by atoms with Gasteiger partial charge in [-0.15, -0.1) is 0 Å². The van der Waals surface area contributed by atoms with E-state index in [-0.39, 0.29) is 12.5 Å². The number of rotatable bonds is 62. The van der Waals surface area contributed by atoms with Crippen LogP contribution >= 0.6 is 0 Å². The Morgan fingerprint density at radius 1 is 0.412 bits per heavy atom. The van der Waals surface area contributed by atoms with Crippen molar-refractivity contribution in [1.82, 2.24) is 5.32 Å². The Morgan fingerprint density at radius 3 is 1.13 bits per heavy atom. The zero-order chi connectivity index (χ0) is 61.4. The predicted octanol–water partition coefficient (Wildman–Crippen LogP) is 19.9. The zero-order valence-corrected chi connectivity index (χ0v) is 55.1. The third-order valence-electron chi connectivity index (χ3n) is 16.6. The molecule has 9 nitrogen and oxygen atoms in total. The lowest BCUT2D eigenvalue weighted by molar-refractivity contribution is -0.302. The van der Waals surface area contributed by atoms with Crippen LogP contribution in [0.25, 0.3) is 0 Å². The molecule has 1 aliphatic heterocycles. The normalized spacial score (nSPS) is 18.7. The van der Waals surface area contributed by atoms with Crippen molar-refractivity contribution in [1.29, 1.82) is 0 Å². The lowest BCUT2D eigenvalue weighted by atomic mass is 9.99. The van der Waals surface area contributed by atoms with Crippen LogP contribution in [0.4, 0.5) is 0 Å². The van der Waals surface area contributed by atoms with Gasteiger partial charge in [0.2, 0.25) is 5.91 Å². The number of unbranched alkanes of at least 4 members (excludes halogenated alkanes) is 38. The fourth-order valence-corrected chi connectivity index (χ4v) is 11.0. The quantitative estimate of drug-likeness (QED) is 0.0261. The number of ether oxygens (including phenoxy) is 2. The molecule has 0 saturated carbocycles. The number of aliphatic hydroxyl groups is 5. The number of carbonyl (C=O) groups is 1. The second-order valence-corrected chi connectivity index (χ2v) is 24.6. The van der Waals surface area contributed by atoms with Crippen LogP contribution in [0.1, 0.15) is 322 Å². The zero-order valence-electron chi connectivity index (χ0n) is 55.1. The van der Waals surface area contributed by atoms with Gasteiger partial charge < -0.3 is 40.3 Å². The number of allylic oxidation sites excluding steroid dienone is 15. The van der Waals surface area contributed by atoms with E-state index in [4.69, 9.17) is 9.47 Å². The van der Waals surface area contributed by atoms with Gasteiger partial charge in [0, 0.05) is 6.42 Å². The number of nitrogens with one attached hydrogen (secondary N) is 1. The molecule has 1 heterocycles. The number of hydrogen-bond acceptors (Lipinski definition) is 8. The Morgan fingerprint density at radius 2 is 0.741 bits per heavy atom. The highest BCUT2D eigenvalue weighted by Crippen LogP contribution is 2.23. The molecule has 1 fully saturated rings. The van der Waals surface area contributed by atoms with Gasteiger partial charge in [-0.1, -0.05) is 323 Å². The summed E-state index contributed by atoms with van der Waals surface area (Å²) in [5.41, 5.74) is 0. The lowest BCUT2D eigenvalue weighted by Crippen LogP contribution is -2.60. The van der Waals surface area contributed by atoms with E-state index in [9.17, 15) is 30.3 Å². The highest BCUT2D eigenvalue weighted by Gasteiger charge is 2.44.